The summed E-state index contributed by atoms with van der Waals surface area (Å²) >= 11 is 0. The van der Waals surface area contributed by atoms with E-state index in [1.165, 1.54) is 0 Å². The van der Waals surface area contributed by atoms with E-state index in [0.717, 1.165) is 19.3 Å². The third-order valence-corrected chi connectivity index (χ3v) is 5.79. The van der Waals surface area contributed by atoms with E-state index < -0.39 is 6.43 Å². The second-order valence-electron chi connectivity index (χ2n) is 8.53. The molecule has 0 bridgehead atoms. The molecule has 2 fully saturated rings. The van der Waals surface area contributed by atoms with Crippen LogP contribution in [0.15, 0.2) is 0 Å². The summed E-state index contributed by atoms with van der Waals surface area (Å²) in [5.74, 6) is 1.50. The SMILES string of the molecule is CC(C)C1OC2CCCC2N(CC(F)F)C(C(C)C)C1C(C)C. The van der Waals surface area contributed by atoms with Crippen LogP contribution in [-0.2, 0) is 4.74 Å². The maximum atomic E-state index is 13.3. The number of halogens is 2. The molecule has 1 saturated carbocycles. The standard InChI is InChI=1S/C19H35F2NO/c1-11(2)17-18(12(3)4)22(10-16(20)21)14-8-7-9-15(14)23-19(17)13(5)6/h11-19H,7-10H2,1-6H3. The summed E-state index contributed by atoms with van der Waals surface area (Å²) in [6.07, 6.45) is 1.12. The average molecular weight is 331 g/mol. The number of ether oxygens (including phenoxy) is 1. The van der Waals surface area contributed by atoms with Crippen LogP contribution < -0.4 is 0 Å². The van der Waals surface area contributed by atoms with Gasteiger partial charge in [0.1, 0.15) is 0 Å². The number of rotatable bonds is 5. The Morgan fingerprint density at radius 3 is 2.09 bits per heavy atom. The van der Waals surface area contributed by atoms with E-state index in [4.69, 9.17) is 4.74 Å². The molecule has 0 amide bonds. The minimum Gasteiger partial charge on any atom is -0.373 e. The summed E-state index contributed by atoms with van der Waals surface area (Å²) in [7, 11) is 0. The van der Waals surface area contributed by atoms with Crippen molar-refractivity contribution in [1.82, 2.24) is 4.90 Å². The Morgan fingerprint density at radius 2 is 1.61 bits per heavy atom. The lowest BCUT2D eigenvalue weighted by Gasteiger charge is -2.44. The zero-order valence-electron chi connectivity index (χ0n) is 15.6. The van der Waals surface area contributed by atoms with Crippen LogP contribution in [0, 0.1) is 23.7 Å². The third kappa shape index (κ3) is 4.07. The molecule has 5 unspecified atom stereocenters. The molecule has 1 aliphatic carbocycles. The predicted octanol–water partition coefficient (Wildman–Crippen LogP) is 4.83. The molecule has 2 aliphatic rings. The van der Waals surface area contributed by atoms with E-state index in [1.807, 2.05) is 0 Å². The topological polar surface area (TPSA) is 12.5 Å². The quantitative estimate of drug-likeness (QED) is 0.716. The second kappa shape index (κ2) is 7.77. The summed E-state index contributed by atoms with van der Waals surface area (Å²) in [4.78, 5) is 2.14. The molecule has 1 aliphatic heterocycles. The molecule has 5 atom stereocenters. The van der Waals surface area contributed by atoms with Crippen LogP contribution in [0.25, 0.3) is 0 Å². The van der Waals surface area contributed by atoms with E-state index in [-0.39, 0.29) is 30.8 Å². The molecule has 2 nitrogen and oxygen atoms in total. The smallest absolute Gasteiger partial charge is 0.251 e. The highest BCUT2D eigenvalue weighted by Crippen LogP contribution is 2.42. The van der Waals surface area contributed by atoms with Crippen molar-refractivity contribution in [3.05, 3.63) is 0 Å². The third-order valence-electron chi connectivity index (χ3n) is 5.79. The number of hydrogen-bond acceptors (Lipinski definition) is 2. The molecule has 0 spiro atoms. The monoisotopic (exact) mass is 331 g/mol. The zero-order chi connectivity index (χ0) is 17.3. The molecule has 0 radical (unpaired) electrons. The van der Waals surface area contributed by atoms with Gasteiger partial charge in [0.25, 0.3) is 6.43 Å². The maximum Gasteiger partial charge on any atom is 0.251 e. The lowest BCUT2D eigenvalue weighted by Crippen LogP contribution is -2.54. The van der Waals surface area contributed by atoms with Gasteiger partial charge >= 0.3 is 0 Å². The molecular weight excluding hydrogens is 296 g/mol. The molecular formula is C19H35F2NO. The van der Waals surface area contributed by atoms with Crippen LogP contribution in [0.4, 0.5) is 8.78 Å². The van der Waals surface area contributed by atoms with Crippen molar-refractivity contribution in [1.29, 1.82) is 0 Å². The largest absolute Gasteiger partial charge is 0.373 e. The lowest BCUT2D eigenvalue weighted by atomic mass is 9.75. The van der Waals surface area contributed by atoms with Crippen LogP contribution in [0.3, 0.4) is 0 Å². The van der Waals surface area contributed by atoms with Crippen LogP contribution in [0.2, 0.25) is 0 Å². The molecule has 1 saturated heterocycles. The zero-order valence-corrected chi connectivity index (χ0v) is 15.6. The Bertz CT molecular complexity index is 372. The molecule has 4 heteroatoms. The van der Waals surface area contributed by atoms with Gasteiger partial charge in [-0.3, -0.25) is 4.90 Å². The van der Waals surface area contributed by atoms with E-state index >= 15 is 0 Å². The maximum absolute atomic E-state index is 13.3. The second-order valence-corrected chi connectivity index (χ2v) is 8.53. The first-order chi connectivity index (χ1) is 10.7. The van der Waals surface area contributed by atoms with Crippen molar-refractivity contribution in [2.75, 3.05) is 6.54 Å². The van der Waals surface area contributed by atoms with Crippen LogP contribution >= 0.6 is 0 Å². The van der Waals surface area contributed by atoms with Gasteiger partial charge in [-0.2, -0.15) is 0 Å². The first-order valence-corrected chi connectivity index (χ1v) is 9.43. The first kappa shape index (κ1) is 19.1. The van der Waals surface area contributed by atoms with Gasteiger partial charge in [-0.15, -0.1) is 0 Å². The number of nitrogens with zero attached hydrogens (tertiary/aromatic N) is 1. The van der Waals surface area contributed by atoms with Crippen molar-refractivity contribution in [3.63, 3.8) is 0 Å². The molecule has 0 aromatic carbocycles. The van der Waals surface area contributed by atoms with Crippen LogP contribution in [0.1, 0.15) is 60.8 Å². The van der Waals surface area contributed by atoms with E-state index in [0.29, 0.717) is 23.7 Å². The Morgan fingerprint density at radius 1 is 0.957 bits per heavy atom. The normalized spacial score (nSPS) is 36.3. The Labute approximate surface area is 141 Å². The average Bonchev–Trinajstić information content (AvgIpc) is 2.82. The van der Waals surface area contributed by atoms with E-state index in [9.17, 15) is 8.78 Å². The predicted molar refractivity (Wildman–Crippen MR) is 90.8 cm³/mol. The van der Waals surface area contributed by atoms with Crippen molar-refractivity contribution in [3.8, 4) is 0 Å². The van der Waals surface area contributed by atoms with Gasteiger partial charge in [0.15, 0.2) is 0 Å². The molecule has 0 aromatic heterocycles. The van der Waals surface area contributed by atoms with Gasteiger partial charge in [-0.1, -0.05) is 41.5 Å². The number of hydrogen-bond donors (Lipinski definition) is 0. The fourth-order valence-corrected chi connectivity index (χ4v) is 4.99. The Balaban J connectivity index is 2.44. The van der Waals surface area contributed by atoms with Gasteiger partial charge in [-0.25, -0.2) is 8.78 Å². The minimum atomic E-state index is -2.28. The highest BCUT2D eigenvalue weighted by Gasteiger charge is 2.49. The fourth-order valence-electron chi connectivity index (χ4n) is 4.99. The molecule has 1 heterocycles. The highest BCUT2D eigenvalue weighted by atomic mass is 19.3. The highest BCUT2D eigenvalue weighted by molar-refractivity contribution is 5.00. The molecule has 2 rings (SSSR count). The van der Waals surface area contributed by atoms with Gasteiger partial charge in [0, 0.05) is 18.0 Å². The van der Waals surface area contributed by atoms with Gasteiger partial charge in [0.2, 0.25) is 0 Å². The van der Waals surface area contributed by atoms with E-state index in [1.54, 1.807) is 0 Å². The van der Waals surface area contributed by atoms with Crippen molar-refractivity contribution in [2.24, 2.45) is 23.7 Å². The van der Waals surface area contributed by atoms with Crippen LogP contribution in [-0.4, -0.2) is 42.2 Å². The summed E-state index contributed by atoms with van der Waals surface area (Å²) < 4.78 is 33.3. The summed E-state index contributed by atoms with van der Waals surface area (Å²) in [6, 6.07) is 0.339. The first-order valence-electron chi connectivity index (χ1n) is 9.43. The summed E-state index contributed by atoms with van der Waals surface area (Å²) in [5.41, 5.74) is 0. The molecule has 23 heavy (non-hydrogen) atoms. The molecule has 0 aromatic rings. The van der Waals surface area contributed by atoms with Gasteiger partial charge in [0.05, 0.1) is 18.8 Å². The van der Waals surface area contributed by atoms with Crippen molar-refractivity contribution in [2.45, 2.75) is 91.5 Å². The number of fused-ring (bicyclic) bond motifs is 1. The van der Waals surface area contributed by atoms with Gasteiger partial charge < -0.3 is 4.74 Å². The van der Waals surface area contributed by atoms with Crippen molar-refractivity contribution < 1.29 is 13.5 Å². The number of alkyl halides is 2. The summed E-state index contributed by atoms with van der Waals surface area (Å²) in [5, 5.41) is 0. The Hall–Kier alpha value is -0.220. The fraction of sp³-hybridized carbons (Fsp3) is 1.00. The molecule has 136 valence electrons. The Kier molecular flexibility index (Phi) is 6.46. The van der Waals surface area contributed by atoms with Crippen LogP contribution in [0.5, 0.6) is 0 Å². The molecule has 0 N–H and O–H groups in total. The van der Waals surface area contributed by atoms with Crippen molar-refractivity contribution >= 4 is 0 Å². The minimum absolute atomic E-state index is 0.110. The van der Waals surface area contributed by atoms with Gasteiger partial charge in [-0.05, 0) is 37.0 Å². The van der Waals surface area contributed by atoms with E-state index in [2.05, 4.69) is 46.4 Å². The summed E-state index contributed by atoms with van der Waals surface area (Å²) in [6.45, 7) is 13.1. The lowest BCUT2D eigenvalue weighted by molar-refractivity contribution is -0.0695.